The number of hydrogen-bond donors (Lipinski definition) is 0. The fraction of sp³-hybridized carbons (Fsp3) is 0.429. The van der Waals surface area contributed by atoms with Crippen molar-refractivity contribution in [3.63, 3.8) is 0 Å². The zero-order valence-electron chi connectivity index (χ0n) is 9.32. The maximum absolute atomic E-state index is 3.52. The van der Waals surface area contributed by atoms with Crippen molar-refractivity contribution in [1.29, 1.82) is 0 Å². The molecule has 1 aliphatic rings. The normalized spacial score (nSPS) is 17.3. The molecular formula is C14H16BrN. The minimum atomic E-state index is 0.908. The minimum absolute atomic E-state index is 0.908. The van der Waals surface area contributed by atoms with Crippen LogP contribution in [-0.4, -0.2) is 4.57 Å². The van der Waals surface area contributed by atoms with Gasteiger partial charge in [0.05, 0.1) is 0 Å². The SMILES string of the molecule is Brc1ccc2cn(CC3CCCC3)cc2c1. The highest BCUT2D eigenvalue weighted by molar-refractivity contribution is 9.10. The van der Waals surface area contributed by atoms with Crippen LogP contribution in [0.5, 0.6) is 0 Å². The molecular weight excluding hydrogens is 262 g/mol. The van der Waals surface area contributed by atoms with Crippen LogP contribution in [0.15, 0.2) is 35.1 Å². The summed E-state index contributed by atoms with van der Waals surface area (Å²) >= 11 is 3.52. The van der Waals surface area contributed by atoms with Crippen LogP contribution in [0.4, 0.5) is 0 Å². The lowest BCUT2D eigenvalue weighted by Crippen LogP contribution is -2.04. The van der Waals surface area contributed by atoms with Crippen molar-refractivity contribution in [2.75, 3.05) is 0 Å². The van der Waals surface area contributed by atoms with Gasteiger partial charge in [-0.25, -0.2) is 0 Å². The van der Waals surface area contributed by atoms with Crippen molar-refractivity contribution < 1.29 is 0 Å². The van der Waals surface area contributed by atoms with Crippen LogP contribution in [0.2, 0.25) is 0 Å². The standard InChI is InChI=1S/C14H16BrN/c15-14-6-5-12-9-16(10-13(12)7-14)8-11-3-1-2-4-11/h5-7,9-11H,1-4,8H2. The van der Waals surface area contributed by atoms with Gasteiger partial charge in [0.25, 0.3) is 0 Å². The van der Waals surface area contributed by atoms with Gasteiger partial charge in [-0.15, -0.1) is 0 Å². The summed E-state index contributed by atoms with van der Waals surface area (Å²) in [4.78, 5) is 0. The van der Waals surface area contributed by atoms with Crippen LogP contribution in [0.1, 0.15) is 25.7 Å². The molecule has 1 heterocycles. The molecule has 2 aromatic rings. The third-order valence-corrected chi connectivity index (χ3v) is 4.10. The van der Waals surface area contributed by atoms with Gasteiger partial charge in [-0.05, 0) is 36.3 Å². The molecule has 0 N–H and O–H groups in total. The molecule has 2 heteroatoms. The average Bonchev–Trinajstić information content (AvgIpc) is 2.86. The lowest BCUT2D eigenvalue weighted by atomic mass is 10.1. The Balaban J connectivity index is 1.86. The number of rotatable bonds is 2. The molecule has 0 amide bonds. The Morgan fingerprint density at radius 3 is 2.69 bits per heavy atom. The monoisotopic (exact) mass is 277 g/mol. The fourth-order valence-corrected chi connectivity index (χ4v) is 3.14. The first-order chi connectivity index (χ1) is 7.81. The number of fused-ring (bicyclic) bond motifs is 1. The molecule has 16 heavy (non-hydrogen) atoms. The second kappa shape index (κ2) is 4.25. The minimum Gasteiger partial charge on any atom is -0.353 e. The van der Waals surface area contributed by atoms with Gasteiger partial charge in [-0.3, -0.25) is 0 Å². The first kappa shape index (κ1) is 10.4. The summed E-state index contributed by atoms with van der Waals surface area (Å²) in [6, 6.07) is 6.49. The third-order valence-electron chi connectivity index (χ3n) is 3.60. The molecule has 0 atom stereocenters. The van der Waals surface area contributed by atoms with E-state index in [0.717, 1.165) is 5.92 Å². The van der Waals surface area contributed by atoms with E-state index in [1.165, 1.54) is 47.5 Å². The summed E-state index contributed by atoms with van der Waals surface area (Å²) in [5.41, 5.74) is 0. The molecule has 1 saturated carbocycles. The molecule has 0 unspecified atom stereocenters. The van der Waals surface area contributed by atoms with Gasteiger partial charge in [0, 0.05) is 28.8 Å². The Morgan fingerprint density at radius 1 is 1.12 bits per heavy atom. The number of hydrogen-bond acceptors (Lipinski definition) is 0. The van der Waals surface area contributed by atoms with Crippen molar-refractivity contribution >= 4 is 26.7 Å². The lowest BCUT2D eigenvalue weighted by Gasteiger charge is -2.09. The van der Waals surface area contributed by atoms with Gasteiger partial charge in [0.2, 0.25) is 0 Å². The van der Waals surface area contributed by atoms with Crippen molar-refractivity contribution in [3.8, 4) is 0 Å². The van der Waals surface area contributed by atoms with Crippen molar-refractivity contribution in [2.45, 2.75) is 32.2 Å². The molecule has 0 radical (unpaired) electrons. The predicted molar refractivity (Wildman–Crippen MR) is 71.6 cm³/mol. The zero-order chi connectivity index (χ0) is 11.0. The van der Waals surface area contributed by atoms with E-state index in [4.69, 9.17) is 0 Å². The topological polar surface area (TPSA) is 4.93 Å². The maximum atomic E-state index is 3.52. The van der Waals surface area contributed by atoms with Crippen LogP contribution in [0, 0.1) is 5.92 Å². The highest BCUT2D eigenvalue weighted by Crippen LogP contribution is 2.27. The smallest absolute Gasteiger partial charge is 0.0248 e. The van der Waals surface area contributed by atoms with E-state index in [1.807, 2.05) is 0 Å². The lowest BCUT2D eigenvalue weighted by molar-refractivity contribution is 0.459. The molecule has 0 saturated heterocycles. The predicted octanol–water partition coefficient (Wildman–Crippen LogP) is 4.59. The first-order valence-electron chi connectivity index (χ1n) is 6.06. The highest BCUT2D eigenvalue weighted by Gasteiger charge is 2.15. The Bertz CT molecular complexity index is 494. The molecule has 1 aliphatic carbocycles. The van der Waals surface area contributed by atoms with E-state index >= 15 is 0 Å². The largest absolute Gasteiger partial charge is 0.353 e. The molecule has 1 nitrogen and oxygen atoms in total. The van der Waals surface area contributed by atoms with Gasteiger partial charge < -0.3 is 4.57 Å². The average molecular weight is 278 g/mol. The molecule has 3 rings (SSSR count). The van der Waals surface area contributed by atoms with Gasteiger partial charge >= 0.3 is 0 Å². The Morgan fingerprint density at radius 2 is 1.88 bits per heavy atom. The Labute approximate surface area is 105 Å². The molecule has 1 aromatic carbocycles. The second-order valence-electron chi connectivity index (χ2n) is 4.88. The molecule has 0 spiro atoms. The molecule has 0 bridgehead atoms. The van der Waals surface area contributed by atoms with E-state index in [9.17, 15) is 0 Å². The van der Waals surface area contributed by atoms with E-state index in [2.05, 4.69) is 51.1 Å². The van der Waals surface area contributed by atoms with Gasteiger partial charge in [0.15, 0.2) is 0 Å². The van der Waals surface area contributed by atoms with E-state index < -0.39 is 0 Å². The first-order valence-corrected chi connectivity index (χ1v) is 6.85. The molecule has 0 aliphatic heterocycles. The van der Waals surface area contributed by atoms with Crippen molar-refractivity contribution in [1.82, 2.24) is 4.57 Å². The van der Waals surface area contributed by atoms with Gasteiger partial charge in [-0.2, -0.15) is 0 Å². The Kier molecular flexibility index (Phi) is 2.76. The third kappa shape index (κ3) is 2.03. The highest BCUT2D eigenvalue weighted by atomic mass is 79.9. The quantitative estimate of drug-likeness (QED) is 0.757. The number of nitrogens with zero attached hydrogens (tertiary/aromatic N) is 1. The van der Waals surface area contributed by atoms with Gasteiger partial charge in [-0.1, -0.05) is 34.8 Å². The zero-order valence-corrected chi connectivity index (χ0v) is 10.9. The van der Waals surface area contributed by atoms with Crippen LogP contribution in [0.3, 0.4) is 0 Å². The van der Waals surface area contributed by atoms with Gasteiger partial charge in [0.1, 0.15) is 0 Å². The second-order valence-corrected chi connectivity index (χ2v) is 5.79. The molecule has 1 aromatic heterocycles. The van der Waals surface area contributed by atoms with Crippen molar-refractivity contribution in [3.05, 3.63) is 35.1 Å². The van der Waals surface area contributed by atoms with E-state index in [-0.39, 0.29) is 0 Å². The summed E-state index contributed by atoms with van der Waals surface area (Å²) < 4.78 is 3.53. The number of benzene rings is 1. The number of aromatic nitrogens is 1. The molecule has 84 valence electrons. The summed E-state index contributed by atoms with van der Waals surface area (Å²) in [6.45, 7) is 1.20. The van der Waals surface area contributed by atoms with Crippen LogP contribution >= 0.6 is 15.9 Å². The summed E-state index contributed by atoms with van der Waals surface area (Å²) in [6.07, 6.45) is 10.2. The van der Waals surface area contributed by atoms with E-state index in [1.54, 1.807) is 0 Å². The summed E-state index contributed by atoms with van der Waals surface area (Å²) in [5.74, 6) is 0.908. The van der Waals surface area contributed by atoms with Crippen LogP contribution in [-0.2, 0) is 6.54 Å². The molecule has 1 fully saturated rings. The summed E-state index contributed by atoms with van der Waals surface area (Å²) in [5, 5.41) is 2.69. The van der Waals surface area contributed by atoms with Crippen LogP contribution < -0.4 is 0 Å². The Hall–Kier alpha value is -0.760. The summed E-state index contributed by atoms with van der Waals surface area (Å²) in [7, 11) is 0. The fourth-order valence-electron chi connectivity index (χ4n) is 2.77. The number of halogens is 1. The maximum Gasteiger partial charge on any atom is 0.0248 e. The van der Waals surface area contributed by atoms with E-state index in [0.29, 0.717) is 0 Å². The van der Waals surface area contributed by atoms with Crippen molar-refractivity contribution in [2.24, 2.45) is 5.92 Å². The van der Waals surface area contributed by atoms with Crippen LogP contribution in [0.25, 0.3) is 10.8 Å².